The lowest BCUT2D eigenvalue weighted by Crippen LogP contribution is -2.09. The summed E-state index contributed by atoms with van der Waals surface area (Å²) in [7, 11) is 1.65. The number of Topliss-reactive ketones (excluding diaryl/α,β-unsaturated/α-hetero) is 1. The maximum atomic E-state index is 11.7. The number of hydrogen-bond donors (Lipinski definition) is 0. The third kappa shape index (κ3) is 3.74. The normalized spacial score (nSPS) is 23.7. The van der Waals surface area contributed by atoms with Crippen molar-refractivity contribution in [3.63, 3.8) is 0 Å². The number of hydrogen-bond acceptors (Lipinski definition) is 4. The Balaban J connectivity index is 1.75. The molecule has 0 N–H and O–H groups in total. The van der Waals surface area contributed by atoms with E-state index < -0.39 is 0 Å². The van der Waals surface area contributed by atoms with Crippen LogP contribution in [0.25, 0.3) is 0 Å². The Labute approximate surface area is 137 Å². The number of carbonyl (C=O) groups excluding carboxylic acids is 1. The quantitative estimate of drug-likeness (QED) is 0.812. The van der Waals surface area contributed by atoms with Gasteiger partial charge in [0.05, 0.1) is 25.3 Å². The monoisotopic (exact) mass is 315 g/mol. The second-order valence-electron chi connectivity index (χ2n) is 6.59. The Hall–Kier alpha value is -1.84. The average Bonchev–Trinajstić information content (AvgIpc) is 3.19. The molecule has 3 rings (SSSR count). The number of ketones is 1. The van der Waals surface area contributed by atoms with Crippen LogP contribution in [0.5, 0.6) is 11.5 Å². The number of aliphatic imine (C=N–C) groups is 1. The van der Waals surface area contributed by atoms with Gasteiger partial charge in [-0.1, -0.05) is 19.8 Å². The van der Waals surface area contributed by atoms with Crippen molar-refractivity contribution in [3.8, 4) is 11.5 Å². The molecule has 2 fully saturated rings. The lowest BCUT2D eigenvalue weighted by molar-refractivity contribution is -0.119. The summed E-state index contributed by atoms with van der Waals surface area (Å²) in [6, 6.07) is 5.74. The van der Waals surface area contributed by atoms with Gasteiger partial charge in [-0.2, -0.15) is 0 Å². The highest BCUT2D eigenvalue weighted by Gasteiger charge is 2.26. The van der Waals surface area contributed by atoms with Crippen molar-refractivity contribution in [2.75, 3.05) is 13.7 Å². The number of benzene rings is 1. The SMILES string of the molecule is COc1ccc(N=C2CCC(=O)C2C)cc1OCC1CCCC1. The maximum Gasteiger partial charge on any atom is 0.163 e. The van der Waals surface area contributed by atoms with Crippen molar-refractivity contribution in [2.45, 2.75) is 45.4 Å². The first-order valence-electron chi connectivity index (χ1n) is 8.58. The molecule has 0 saturated heterocycles. The van der Waals surface area contributed by atoms with Crippen LogP contribution in [0.4, 0.5) is 5.69 Å². The molecule has 1 unspecified atom stereocenters. The minimum Gasteiger partial charge on any atom is -0.493 e. The highest BCUT2D eigenvalue weighted by molar-refractivity contribution is 6.11. The number of ether oxygens (including phenoxy) is 2. The highest BCUT2D eigenvalue weighted by atomic mass is 16.5. The molecular weight excluding hydrogens is 290 g/mol. The molecule has 23 heavy (non-hydrogen) atoms. The third-order valence-corrected chi connectivity index (χ3v) is 4.98. The molecule has 0 spiro atoms. The van der Waals surface area contributed by atoms with E-state index in [0.717, 1.165) is 35.9 Å². The summed E-state index contributed by atoms with van der Waals surface area (Å²) in [5.41, 5.74) is 1.81. The van der Waals surface area contributed by atoms with Crippen molar-refractivity contribution in [1.29, 1.82) is 0 Å². The molecule has 2 aliphatic carbocycles. The molecule has 2 aliphatic rings. The molecule has 0 aromatic heterocycles. The zero-order valence-electron chi connectivity index (χ0n) is 14.0. The lowest BCUT2D eigenvalue weighted by Gasteiger charge is -2.14. The van der Waals surface area contributed by atoms with Crippen molar-refractivity contribution < 1.29 is 14.3 Å². The number of rotatable bonds is 5. The Bertz CT molecular complexity index is 603. The molecule has 0 aliphatic heterocycles. The van der Waals surface area contributed by atoms with Gasteiger partial charge in [-0.05, 0) is 37.3 Å². The van der Waals surface area contributed by atoms with E-state index >= 15 is 0 Å². The predicted molar refractivity (Wildman–Crippen MR) is 90.9 cm³/mol. The molecule has 1 aromatic rings. The third-order valence-electron chi connectivity index (χ3n) is 4.98. The number of carbonyl (C=O) groups is 1. The molecule has 4 nitrogen and oxygen atoms in total. The summed E-state index contributed by atoms with van der Waals surface area (Å²) in [5.74, 6) is 2.37. The van der Waals surface area contributed by atoms with E-state index in [2.05, 4.69) is 4.99 Å². The van der Waals surface area contributed by atoms with Crippen LogP contribution in [0.1, 0.15) is 45.4 Å². The fourth-order valence-electron chi connectivity index (χ4n) is 3.42. The molecule has 2 saturated carbocycles. The van der Waals surface area contributed by atoms with Crippen molar-refractivity contribution in [3.05, 3.63) is 18.2 Å². The van der Waals surface area contributed by atoms with Crippen LogP contribution in [0.2, 0.25) is 0 Å². The second kappa shape index (κ2) is 7.16. The largest absolute Gasteiger partial charge is 0.493 e. The molecule has 0 bridgehead atoms. The summed E-state index contributed by atoms with van der Waals surface area (Å²) in [4.78, 5) is 16.3. The molecule has 4 heteroatoms. The van der Waals surface area contributed by atoms with Crippen LogP contribution >= 0.6 is 0 Å². The van der Waals surface area contributed by atoms with Gasteiger partial charge in [-0.3, -0.25) is 9.79 Å². The predicted octanol–water partition coefficient (Wildman–Crippen LogP) is 4.34. The minimum atomic E-state index is -0.0556. The first kappa shape index (κ1) is 16.0. The van der Waals surface area contributed by atoms with Crippen LogP contribution < -0.4 is 9.47 Å². The van der Waals surface area contributed by atoms with E-state index in [9.17, 15) is 4.79 Å². The van der Waals surface area contributed by atoms with E-state index in [-0.39, 0.29) is 11.7 Å². The Morgan fingerprint density at radius 1 is 1.17 bits per heavy atom. The van der Waals surface area contributed by atoms with E-state index in [4.69, 9.17) is 9.47 Å². The zero-order valence-corrected chi connectivity index (χ0v) is 14.0. The number of methoxy groups -OCH3 is 1. The van der Waals surface area contributed by atoms with Crippen molar-refractivity contribution in [2.24, 2.45) is 16.8 Å². The smallest absolute Gasteiger partial charge is 0.163 e. The maximum absolute atomic E-state index is 11.7. The van der Waals surface area contributed by atoms with E-state index in [1.54, 1.807) is 7.11 Å². The fraction of sp³-hybridized carbons (Fsp3) is 0.579. The molecule has 124 valence electrons. The molecular formula is C19H25NO3. The summed E-state index contributed by atoms with van der Waals surface area (Å²) in [5, 5.41) is 0. The average molecular weight is 315 g/mol. The van der Waals surface area contributed by atoms with Gasteiger partial charge in [-0.25, -0.2) is 0 Å². The summed E-state index contributed by atoms with van der Waals surface area (Å²) < 4.78 is 11.4. The molecule has 1 aromatic carbocycles. The van der Waals surface area contributed by atoms with Gasteiger partial charge in [-0.15, -0.1) is 0 Å². The molecule has 1 atom stereocenters. The summed E-state index contributed by atoms with van der Waals surface area (Å²) >= 11 is 0. The first-order chi connectivity index (χ1) is 11.2. The standard InChI is InChI=1S/C19H25NO3/c1-13-16(8-9-17(13)21)20-15-7-10-18(22-2)19(11-15)23-12-14-5-3-4-6-14/h7,10-11,13-14H,3-6,8-9,12H2,1-2H3. The van der Waals surface area contributed by atoms with Gasteiger partial charge in [0.1, 0.15) is 5.78 Å². The van der Waals surface area contributed by atoms with Crippen LogP contribution in [0.15, 0.2) is 23.2 Å². The van der Waals surface area contributed by atoms with Crippen LogP contribution in [-0.4, -0.2) is 25.2 Å². The minimum absolute atomic E-state index is 0.0556. The Kier molecular flexibility index (Phi) is 4.99. The van der Waals surface area contributed by atoms with Gasteiger partial charge < -0.3 is 9.47 Å². The summed E-state index contributed by atoms with van der Waals surface area (Å²) in [6.07, 6.45) is 6.51. The molecule has 0 amide bonds. The van der Waals surface area contributed by atoms with E-state index in [1.165, 1.54) is 25.7 Å². The van der Waals surface area contributed by atoms with Gasteiger partial charge in [0.25, 0.3) is 0 Å². The van der Waals surface area contributed by atoms with Gasteiger partial charge in [0, 0.05) is 18.2 Å². The van der Waals surface area contributed by atoms with Gasteiger partial charge in [0.15, 0.2) is 11.5 Å². The lowest BCUT2D eigenvalue weighted by atomic mass is 10.1. The summed E-state index contributed by atoms with van der Waals surface area (Å²) in [6.45, 7) is 2.68. The van der Waals surface area contributed by atoms with Crippen molar-refractivity contribution >= 4 is 17.2 Å². The van der Waals surface area contributed by atoms with Crippen molar-refractivity contribution in [1.82, 2.24) is 0 Å². The van der Waals surface area contributed by atoms with Crippen LogP contribution in [0, 0.1) is 11.8 Å². The second-order valence-corrected chi connectivity index (χ2v) is 6.59. The topological polar surface area (TPSA) is 47.9 Å². The Morgan fingerprint density at radius 3 is 2.61 bits per heavy atom. The van der Waals surface area contributed by atoms with Crippen LogP contribution in [0.3, 0.4) is 0 Å². The fourth-order valence-corrected chi connectivity index (χ4v) is 3.42. The first-order valence-corrected chi connectivity index (χ1v) is 8.58. The highest BCUT2D eigenvalue weighted by Crippen LogP contribution is 2.34. The number of nitrogens with zero attached hydrogens (tertiary/aromatic N) is 1. The van der Waals surface area contributed by atoms with Gasteiger partial charge in [0.2, 0.25) is 0 Å². The van der Waals surface area contributed by atoms with E-state index in [0.29, 0.717) is 12.3 Å². The molecule has 0 heterocycles. The molecule has 0 radical (unpaired) electrons. The van der Waals surface area contributed by atoms with E-state index in [1.807, 2.05) is 25.1 Å². The van der Waals surface area contributed by atoms with Gasteiger partial charge >= 0.3 is 0 Å². The van der Waals surface area contributed by atoms with Crippen LogP contribution in [-0.2, 0) is 4.79 Å². The zero-order chi connectivity index (χ0) is 16.2. The Morgan fingerprint density at radius 2 is 1.96 bits per heavy atom.